The quantitative estimate of drug-likeness (QED) is 0.145. The van der Waals surface area contributed by atoms with Gasteiger partial charge in [-0.05, 0) is 94.9 Å². The highest BCUT2D eigenvalue weighted by atomic mass is 127. The molecule has 0 radical (unpaired) electrons. The molecule has 0 bridgehead atoms. The summed E-state index contributed by atoms with van der Waals surface area (Å²) in [6, 6.07) is 16.0. The van der Waals surface area contributed by atoms with Crippen molar-refractivity contribution in [2.24, 2.45) is 0 Å². The first-order valence-electron chi connectivity index (χ1n) is 10.4. The van der Waals surface area contributed by atoms with Gasteiger partial charge < -0.3 is 9.47 Å². The van der Waals surface area contributed by atoms with Gasteiger partial charge in [-0.25, -0.2) is 9.18 Å². The van der Waals surface area contributed by atoms with Crippen molar-refractivity contribution in [2.45, 2.75) is 13.5 Å². The molecular formula is C26H19FINO5S. The zero-order valence-corrected chi connectivity index (χ0v) is 21.7. The topological polar surface area (TPSA) is 72.9 Å². The van der Waals surface area contributed by atoms with Crippen LogP contribution in [-0.2, 0) is 11.3 Å². The van der Waals surface area contributed by atoms with Gasteiger partial charge in [-0.1, -0.05) is 29.8 Å². The largest absolute Gasteiger partial charge is 0.493 e. The average Bonchev–Trinajstić information content (AvgIpc) is 3.09. The Balaban J connectivity index is 1.55. The van der Waals surface area contributed by atoms with Crippen molar-refractivity contribution in [3.05, 3.63) is 97.2 Å². The van der Waals surface area contributed by atoms with E-state index >= 15 is 0 Å². The minimum atomic E-state index is -0.518. The summed E-state index contributed by atoms with van der Waals surface area (Å²) in [5.74, 6) is -0.766. The SMILES string of the molecule is COc1cc(/C=C2\SC(=O)N(Cc3ccc(F)cc3)C2=O)cc(I)c1OC(=O)c1ccc(C)cc1. The maximum Gasteiger partial charge on any atom is 0.343 e. The fraction of sp³-hybridized carbons (Fsp3) is 0.115. The molecule has 3 aromatic carbocycles. The van der Waals surface area contributed by atoms with Crippen LogP contribution in [0.1, 0.15) is 27.0 Å². The monoisotopic (exact) mass is 603 g/mol. The second kappa shape index (κ2) is 10.6. The van der Waals surface area contributed by atoms with Crippen LogP contribution in [0, 0.1) is 16.3 Å². The summed E-state index contributed by atoms with van der Waals surface area (Å²) in [6.45, 7) is 1.98. The van der Waals surface area contributed by atoms with E-state index in [1.165, 1.54) is 31.4 Å². The lowest BCUT2D eigenvalue weighted by atomic mass is 10.1. The molecule has 0 N–H and O–H groups in total. The van der Waals surface area contributed by atoms with E-state index in [-0.39, 0.29) is 23.0 Å². The fourth-order valence-electron chi connectivity index (χ4n) is 3.32. The van der Waals surface area contributed by atoms with Crippen LogP contribution in [0.15, 0.2) is 65.6 Å². The second-order valence-electron chi connectivity index (χ2n) is 7.68. The number of amides is 2. The first-order valence-corrected chi connectivity index (χ1v) is 12.3. The number of nitrogens with zero attached hydrogens (tertiary/aromatic N) is 1. The first kappa shape index (κ1) is 24.9. The maximum absolute atomic E-state index is 13.2. The molecule has 0 spiro atoms. The average molecular weight is 603 g/mol. The van der Waals surface area contributed by atoms with E-state index in [0.29, 0.717) is 26.0 Å². The van der Waals surface area contributed by atoms with Crippen molar-refractivity contribution in [3.63, 3.8) is 0 Å². The highest BCUT2D eigenvalue weighted by Gasteiger charge is 2.35. The Kier molecular flexibility index (Phi) is 7.56. The van der Waals surface area contributed by atoms with E-state index in [9.17, 15) is 18.8 Å². The summed E-state index contributed by atoms with van der Waals surface area (Å²) in [7, 11) is 1.45. The van der Waals surface area contributed by atoms with Crippen molar-refractivity contribution < 1.29 is 28.2 Å². The van der Waals surface area contributed by atoms with Crippen LogP contribution in [0.4, 0.5) is 9.18 Å². The lowest BCUT2D eigenvalue weighted by Gasteiger charge is -2.13. The molecule has 2 amide bonds. The lowest BCUT2D eigenvalue weighted by molar-refractivity contribution is -0.123. The number of hydrogen-bond donors (Lipinski definition) is 0. The Morgan fingerprint density at radius 2 is 1.77 bits per heavy atom. The van der Waals surface area contributed by atoms with Gasteiger partial charge in [-0.2, -0.15) is 0 Å². The highest BCUT2D eigenvalue weighted by molar-refractivity contribution is 14.1. The van der Waals surface area contributed by atoms with Crippen molar-refractivity contribution in [3.8, 4) is 11.5 Å². The molecule has 1 fully saturated rings. The first-order chi connectivity index (χ1) is 16.7. The number of hydrogen-bond acceptors (Lipinski definition) is 6. The molecule has 3 aromatic rings. The smallest absolute Gasteiger partial charge is 0.343 e. The molecule has 0 aromatic heterocycles. The Morgan fingerprint density at radius 1 is 1.09 bits per heavy atom. The van der Waals surface area contributed by atoms with Crippen LogP contribution in [0.25, 0.3) is 6.08 Å². The zero-order valence-electron chi connectivity index (χ0n) is 18.7. The Bertz CT molecular complexity index is 1340. The van der Waals surface area contributed by atoms with E-state index in [0.717, 1.165) is 22.2 Å². The third-order valence-electron chi connectivity index (χ3n) is 5.16. The number of carbonyl (C=O) groups excluding carboxylic acids is 3. The fourth-order valence-corrected chi connectivity index (χ4v) is 4.90. The van der Waals surface area contributed by atoms with Crippen molar-refractivity contribution in [1.82, 2.24) is 4.90 Å². The van der Waals surface area contributed by atoms with Gasteiger partial charge in [0, 0.05) is 0 Å². The van der Waals surface area contributed by atoms with Crippen LogP contribution < -0.4 is 9.47 Å². The number of carbonyl (C=O) groups is 3. The molecule has 1 saturated heterocycles. The third-order valence-corrected chi connectivity index (χ3v) is 6.87. The summed E-state index contributed by atoms with van der Waals surface area (Å²) in [5, 5.41) is -0.407. The summed E-state index contributed by atoms with van der Waals surface area (Å²) in [4.78, 5) is 39.3. The van der Waals surface area contributed by atoms with Crippen LogP contribution in [0.3, 0.4) is 0 Å². The van der Waals surface area contributed by atoms with Gasteiger partial charge in [0.15, 0.2) is 11.5 Å². The third kappa shape index (κ3) is 5.73. The van der Waals surface area contributed by atoms with E-state index in [4.69, 9.17) is 9.47 Å². The second-order valence-corrected chi connectivity index (χ2v) is 9.84. The van der Waals surface area contributed by atoms with Gasteiger partial charge >= 0.3 is 5.97 Å². The minimum Gasteiger partial charge on any atom is -0.493 e. The number of rotatable bonds is 6. The van der Waals surface area contributed by atoms with Crippen LogP contribution >= 0.6 is 34.4 Å². The van der Waals surface area contributed by atoms with Crippen molar-refractivity contribution in [2.75, 3.05) is 7.11 Å². The van der Waals surface area contributed by atoms with Crippen LogP contribution in [-0.4, -0.2) is 29.1 Å². The number of halogens is 2. The van der Waals surface area contributed by atoms with Crippen molar-refractivity contribution in [1.29, 1.82) is 0 Å². The molecule has 1 aliphatic rings. The predicted octanol–water partition coefficient (Wildman–Crippen LogP) is 6.20. The minimum absolute atomic E-state index is 0.0526. The van der Waals surface area contributed by atoms with Gasteiger partial charge in [0.2, 0.25) is 0 Å². The van der Waals surface area contributed by atoms with E-state index in [2.05, 4.69) is 0 Å². The molecule has 178 valence electrons. The van der Waals surface area contributed by atoms with E-state index < -0.39 is 17.1 Å². The standard InChI is InChI=1S/C26H19FINO5S/c1-15-3-7-18(8-4-15)25(31)34-23-20(28)11-17(12-21(23)33-2)13-22-24(30)29(26(32)35-22)14-16-5-9-19(27)10-6-16/h3-13H,14H2,1-2H3/b22-13-. The Morgan fingerprint density at radius 3 is 2.43 bits per heavy atom. The number of imide groups is 1. The number of aryl methyl sites for hydroxylation is 1. The van der Waals surface area contributed by atoms with Gasteiger partial charge in [0.1, 0.15) is 5.82 Å². The molecule has 1 aliphatic heterocycles. The molecule has 4 rings (SSSR count). The van der Waals surface area contributed by atoms with Crippen LogP contribution in [0.2, 0.25) is 0 Å². The number of thioether (sulfide) groups is 1. The number of benzene rings is 3. The highest BCUT2D eigenvalue weighted by Crippen LogP contribution is 2.38. The molecule has 0 saturated carbocycles. The summed E-state index contributed by atoms with van der Waals surface area (Å²) in [5.41, 5.74) is 2.69. The molecule has 9 heteroatoms. The molecule has 0 unspecified atom stereocenters. The lowest BCUT2D eigenvalue weighted by Crippen LogP contribution is -2.27. The maximum atomic E-state index is 13.2. The van der Waals surface area contributed by atoms with Gasteiger partial charge in [0.25, 0.3) is 11.1 Å². The zero-order chi connectivity index (χ0) is 25.1. The molecular weight excluding hydrogens is 584 g/mol. The Hall–Kier alpha value is -3.18. The molecule has 6 nitrogen and oxygen atoms in total. The van der Waals surface area contributed by atoms with E-state index in [1.54, 1.807) is 30.3 Å². The van der Waals surface area contributed by atoms with E-state index in [1.807, 2.05) is 41.6 Å². The predicted molar refractivity (Wildman–Crippen MR) is 140 cm³/mol. The molecule has 35 heavy (non-hydrogen) atoms. The van der Waals surface area contributed by atoms with Gasteiger partial charge in [-0.3, -0.25) is 14.5 Å². The molecule has 0 aliphatic carbocycles. The van der Waals surface area contributed by atoms with Crippen molar-refractivity contribution >= 4 is 57.5 Å². The summed E-state index contributed by atoms with van der Waals surface area (Å²) < 4.78 is 24.8. The Labute approximate surface area is 219 Å². The number of ether oxygens (including phenoxy) is 2. The molecule has 0 atom stereocenters. The van der Waals surface area contributed by atoms with Crippen LogP contribution in [0.5, 0.6) is 11.5 Å². The normalized spacial score (nSPS) is 14.5. The summed E-state index contributed by atoms with van der Waals surface area (Å²) in [6.07, 6.45) is 1.59. The van der Waals surface area contributed by atoms with Gasteiger partial charge in [-0.15, -0.1) is 0 Å². The number of methoxy groups -OCH3 is 1. The number of esters is 1. The molecule has 1 heterocycles. The van der Waals surface area contributed by atoms with Gasteiger partial charge in [0.05, 0.1) is 27.7 Å². The summed E-state index contributed by atoms with van der Waals surface area (Å²) >= 11 is 2.85.